The molecule has 2 atom stereocenters. The molecule has 0 bridgehead atoms. The molecule has 0 saturated carbocycles. The molecule has 1 saturated heterocycles. The maximum atomic E-state index is 13.2. The van der Waals surface area contributed by atoms with Gasteiger partial charge < -0.3 is 4.90 Å². The molecule has 1 heterocycles. The van der Waals surface area contributed by atoms with Crippen LogP contribution >= 0.6 is 0 Å². The van der Waals surface area contributed by atoms with Crippen LogP contribution < -0.4 is 0 Å². The molecule has 0 N–H and O–H groups in total. The van der Waals surface area contributed by atoms with Crippen LogP contribution in [0.4, 0.5) is 13.2 Å². The van der Waals surface area contributed by atoms with Crippen molar-refractivity contribution in [1.29, 1.82) is 0 Å². The van der Waals surface area contributed by atoms with E-state index in [1.165, 1.54) is 0 Å². The Labute approximate surface area is 116 Å². The van der Waals surface area contributed by atoms with Gasteiger partial charge in [0.1, 0.15) is 0 Å². The topological polar surface area (TPSA) is 23.6 Å². The molecule has 2 unspecified atom stereocenters. The van der Waals surface area contributed by atoms with Crippen LogP contribution in [0.1, 0.15) is 24.2 Å². The van der Waals surface area contributed by atoms with Crippen LogP contribution in [-0.2, 0) is 0 Å². The predicted molar refractivity (Wildman–Crippen MR) is 68.9 cm³/mol. The lowest BCUT2D eigenvalue weighted by atomic mass is 10.1. The van der Waals surface area contributed by atoms with Gasteiger partial charge >= 0.3 is 0 Å². The first-order valence-corrected chi connectivity index (χ1v) is 6.47. The Morgan fingerprint density at radius 2 is 1.55 bits per heavy atom. The van der Waals surface area contributed by atoms with E-state index in [0.29, 0.717) is 13.1 Å². The van der Waals surface area contributed by atoms with E-state index < -0.39 is 23.4 Å². The van der Waals surface area contributed by atoms with Gasteiger partial charge in [0.2, 0.25) is 0 Å². The van der Waals surface area contributed by atoms with E-state index >= 15 is 0 Å². The number of likely N-dealkylation sites (N-methyl/N-ethyl adjacent to an activating group) is 1. The van der Waals surface area contributed by atoms with E-state index in [-0.39, 0.29) is 17.6 Å². The molecule has 0 radical (unpaired) electrons. The van der Waals surface area contributed by atoms with Gasteiger partial charge in [-0.3, -0.25) is 9.69 Å². The number of carbonyl (C=O) groups is 1. The summed E-state index contributed by atoms with van der Waals surface area (Å²) in [7, 11) is 1.97. The van der Waals surface area contributed by atoms with Crippen molar-refractivity contribution in [3.05, 3.63) is 35.1 Å². The van der Waals surface area contributed by atoms with E-state index in [1.54, 1.807) is 4.90 Å². The van der Waals surface area contributed by atoms with Crippen molar-refractivity contribution in [1.82, 2.24) is 9.80 Å². The van der Waals surface area contributed by atoms with Crippen molar-refractivity contribution < 1.29 is 18.0 Å². The largest absolute Gasteiger partial charge is 0.336 e. The smallest absolute Gasteiger partial charge is 0.254 e. The van der Waals surface area contributed by atoms with Crippen LogP contribution in [-0.4, -0.2) is 47.9 Å². The van der Waals surface area contributed by atoms with Gasteiger partial charge in [-0.1, -0.05) is 0 Å². The fraction of sp³-hybridized carbons (Fsp3) is 0.500. The summed E-state index contributed by atoms with van der Waals surface area (Å²) in [6.07, 6.45) is 0. The Balaban J connectivity index is 2.24. The zero-order valence-electron chi connectivity index (χ0n) is 11.7. The number of benzene rings is 1. The third-order valence-corrected chi connectivity index (χ3v) is 3.88. The molecule has 20 heavy (non-hydrogen) atoms. The summed E-state index contributed by atoms with van der Waals surface area (Å²) < 4.78 is 39.3. The van der Waals surface area contributed by atoms with Crippen molar-refractivity contribution in [2.75, 3.05) is 20.1 Å². The molecule has 1 aromatic rings. The molecule has 1 aliphatic rings. The lowest BCUT2D eigenvalue weighted by Crippen LogP contribution is -2.56. The number of halogens is 3. The summed E-state index contributed by atoms with van der Waals surface area (Å²) in [4.78, 5) is 15.9. The Morgan fingerprint density at radius 1 is 1.10 bits per heavy atom. The molecule has 1 fully saturated rings. The van der Waals surface area contributed by atoms with Gasteiger partial charge in [0, 0.05) is 30.7 Å². The molecule has 3 nitrogen and oxygen atoms in total. The average molecular weight is 286 g/mol. The van der Waals surface area contributed by atoms with E-state index in [0.717, 1.165) is 12.1 Å². The molecule has 1 aromatic carbocycles. The zero-order chi connectivity index (χ0) is 15.0. The van der Waals surface area contributed by atoms with Gasteiger partial charge in [-0.2, -0.15) is 0 Å². The molecule has 6 heteroatoms. The summed E-state index contributed by atoms with van der Waals surface area (Å²) in [5.74, 6) is -4.72. The van der Waals surface area contributed by atoms with Gasteiger partial charge in [-0.25, -0.2) is 13.2 Å². The Hall–Kier alpha value is -1.56. The summed E-state index contributed by atoms with van der Waals surface area (Å²) >= 11 is 0. The van der Waals surface area contributed by atoms with Gasteiger partial charge in [0.05, 0.1) is 0 Å². The second kappa shape index (κ2) is 5.44. The van der Waals surface area contributed by atoms with Crippen LogP contribution in [0, 0.1) is 17.5 Å². The maximum Gasteiger partial charge on any atom is 0.254 e. The summed E-state index contributed by atoms with van der Waals surface area (Å²) in [6, 6.07) is 1.79. The van der Waals surface area contributed by atoms with Gasteiger partial charge in [-0.05, 0) is 33.0 Å². The van der Waals surface area contributed by atoms with E-state index in [9.17, 15) is 18.0 Å². The maximum absolute atomic E-state index is 13.2. The molecular weight excluding hydrogens is 269 g/mol. The highest BCUT2D eigenvalue weighted by atomic mass is 19.2. The van der Waals surface area contributed by atoms with E-state index in [2.05, 4.69) is 4.90 Å². The monoisotopic (exact) mass is 286 g/mol. The quantitative estimate of drug-likeness (QED) is 0.739. The Bertz CT molecular complexity index is 500. The van der Waals surface area contributed by atoms with Crippen LogP contribution in [0.15, 0.2) is 12.1 Å². The molecule has 1 aliphatic heterocycles. The molecule has 0 spiro atoms. The average Bonchev–Trinajstić information content (AvgIpc) is 2.40. The number of rotatable bonds is 1. The highest BCUT2D eigenvalue weighted by Crippen LogP contribution is 2.19. The van der Waals surface area contributed by atoms with Crippen molar-refractivity contribution >= 4 is 5.91 Å². The molecule has 110 valence electrons. The van der Waals surface area contributed by atoms with Crippen molar-refractivity contribution in [2.24, 2.45) is 0 Å². The van der Waals surface area contributed by atoms with Gasteiger partial charge in [0.25, 0.3) is 5.91 Å². The minimum Gasteiger partial charge on any atom is -0.336 e. The number of hydrogen-bond donors (Lipinski definition) is 0. The Kier molecular flexibility index (Phi) is 4.04. The summed E-state index contributed by atoms with van der Waals surface area (Å²) in [5, 5.41) is 0. The first-order chi connectivity index (χ1) is 9.31. The second-order valence-electron chi connectivity index (χ2n) is 5.33. The van der Waals surface area contributed by atoms with E-state index in [4.69, 9.17) is 0 Å². The standard InChI is InChI=1S/C14H17F3N2O/c1-8-6-19(7-9(2)18(8)3)14(20)10-4-11(15)13(17)12(16)5-10/h4-5,8-9H,6-7H2,1-3H3. The fourth-order valence-electron chi connectivity index (χ4n) is 2.43. The third kappa shape index (κ3) is 2.65. The van der Waals surface area contributed by atoms with Crippen molar-refractivity contribution in [3.63, 3.8) is 0 Å². The number of amides is 1. The molecule has 2 rings (SSSR count). The van der Waals surface area contributed by atoms with E-state index in [1.807, 2.05) is 20.9 Å². The van der Waals surface area contributed by atoms with Crippen molar-refractivity contribution in [3.8, 4) is 0 Å². The molecule has 0 aromatic heterocycles. The minimum absolute atomic E-state index is 0.151. The second-order valence-corrected chi connectivity index (χ2v) is 5.33. The normalized spacial score (nSPS) is 24.0. The number of piperazine rings is 1. The summed E-state index contributed by atoms with van der Waals surface area (Å²) in [6.45, 7) is 4.89. The zero-order valence-corrected chi connectivity index (χ0v) is 11.7. The van der Waals surface area contributed by atoms with Gasteiger partial charge in [0.15, 0.2) is 17.5 Å². The van der Waals surface area contributed by atoms with Crippen molar-refractivity contribution in [2.45, 2.75) is 25.9 Å². The highest BCUT2D eigenvalue weighted by molar-refractivity contribution is 5.94. The molecule has 0 aliphatic carbocycles. The lowest BCUT2D eigenvalue weighted by molar-refractivity contribution is 0.0413. The fourth-order valence-corrected chi connectivity index (χ4v) is 2.43. The van der Waals surface area contributed by atoms with Crippen LogP contribution in [0.25, 0.3) is 0 Å². The van der Waals surface area contributed by atoms with Gasteiger partial charge in [-0.15, -0.1) is 0 Å². The predicted octanol–water partition coefficient (Wildman–Crippen LogP) is 2.27. The number of carbonyl (C=O) groups excluding carboxylic acids is 1. The number of nitrogens with zero attached hydrogens (tertiary/aromatic N) is 2. The van der Waals surface area contributed by atoms with Crippen LogP contribution in [0.3, 0.4) is 0 Å². The highest BCUT2D eigenvalue weighted by Gasteiger charge is 2.30. The minimum atomic E-state index is -1.55. The number of hydrogen-bond acceptors (Lipinski definition) is 2. The third-order valence-electron chi connectivity index (χ3n) is 3.88. The molecule has 1 amide bonds. The lowest BCUT2D eigenvalue weighted by Gasteiger charge is -2.42. The summed E-state index contributed by atoms with van der Waals surface area (Å²) in [5.41, 5.74) is -0.162. The first-order valence-electron chi connectivity index (χ1n) is 6.47. The first kappa shape index (κ1) is 14.8. The van der Waals surface area contributed by atoms with Crippen LogP contribution in [0.2, 0.25) is 0 Å². The molecular formula is C14H17F3N2O. The van der Waals surface area contributed by atoms with Crippen LogP contribution in [0.5, 0.6) is 0 Å². The Morgan fingerprint density at radius 3 is 2.00 bits per heavy atom. The SMILES string of the molecule is CC1CN(C(=O)c2cc(F)c(F)c(F)c2)CC(C)N1C.